The van der Waals surface area contributed by atoms with E-state index >= 15 is 0 Å². The molecule has 3 nitrogen and oxygen atoms in total. The monoisotopic (exact) mass is 402 g/mol. The lowest BCUT2D eigenvalue weighted by Crippen LogP contribution is -2.17. The highest BCUT2D eigenvalue weighted by atomic mass is 16.5. The Bertz CT molecular complexity index is 873. The average Bonchev–Trinajstić information content (AvgIpc) is 2.81. The fourth-order valence-corrected chi connectivity index (χ4v) is 3.58. The summed E-state index contributed by atoms with van der Waals surface area (Å²) in [5.41, 5.74) is 3.67. The SMILES string of the molecule is COC(=O)C(CCCc1ccccc1)CCc1ccc(OCc2ccccc2)cc1. The van der Waals surface area contributed by atoms with Crippen molar-refractivity contribution in [1.29, 1.82) is 0 Å². The molecule has 0 aromatic heterocycles. The highest BCUT2D eigenvalue weighted by Gasteiger charge is 2.18. The van der Waals surface area contributed by atoms with Crippen LogP contribution in [0, 0.1) is 5.92 Å². The number of aryl methyl sites for hydroxylation is 2. The summed E-state index contributed by atoms with van der Waals surface area (Å²) >= 11 is 0. The number of esters is 1. The maximum Gasteiger partial charge on any atom is 0.308 e. The minimum absolute atomic E-state index is 0.0623. The summed E-state index contributed by atoms with van der Waals surface area (Å²) in [5, 5.41) is 0. The number of hydrogen-bond acceptors (Lipinski definition) is 3. The van der Waals surface area contributed by atoms with Crippen LogP contribution in [0.25, 0.3) is 0 Å². The number of methoxy groups -OCH3 is 1. The molecule has 0 saturated carbocycles. The maximum absolute atomic E-state index is 12.2. The van der Waals surface area contributed by atoms with Crippen LogP contribution in [0.5, 0.6) is 5.75 Å². The number of benzene rings is 3. The number of rotatable bonds is 11. The smallest absolute Gasteiger partial charge is 0.308 e. The summed E-state index contributed by atoms with van der Waals surface area (Å²) in [4.78, 5) is 12.2. The molecule has 3 aromatic carbocycles. The molecule has 3 rings (SSSR count). The van der Waals surface area contributed by atoms with Crippen LogP contribution in [0.1, 0.15) is 36.0 Å². The lowest BCUT2D eigenvalue weighted by molar-refractivity contribution is -0.145. The molecule has 0 bridgehead atoms. The molecule has 0 radical (unpaired) electrons. The lowest BCUT2D eigenvalue weighted by atomic mass is 9.93. The Morgan fingerprint density at radius 2 is 1.33 bits per heavy atom. The van der Waals surface area contributed by atoms with E-state index < -0.39 is 0 Å². The van der Waals surface area contributed by atoms with Crippen molar-refractivity contribution in [2.24, 2.45) is 5.92 Å². The van der Waals surface area contributed by atoms with E-state index in [1.807, 2.05) is 36.4 Å². The number of carbonyl (C=O) groups excluding carboxylic acids is 1. The molecule has 0 fully saturated rings. The van der Waals surface area contributed by atoms with Crippen molar-refractivity contribution in [1.82, 2.24) is 0 Å². The van der Waals surface area contributed by atoms with Gasteiger partial charge in [0.15, 0.2) is 0 Å². The van der Waals surface area contributed by atoms with Crippen molar-refractivity contribution >= 4 is 5.97 Å². The standard InChI is InChI=1S/C27H30O3/c1-29-27(28)25(14-8-13-22-9-4-2-5-10-22)18-15-23-16-19-26(20-17-23)30-21-24-11-6-3-7-12-24/h2-7,9-12,16-17,19-20,25H,8,13-15,18,21H2,1H3. The molecule has 156 valence electrons. The van der Waals surface area contributed by atoms with E-state index in [-0.39, 0.29) is 11.9 Å². The van der Waals surface area contributed by atoms with E-state index in [1.165, 1.54) is 18.2 Å². The van der Waals surface area contributed by atoms with Gasteiger partial charge in [-0.3, -0.25) is 4.79 Å². The molecule has 0 amide bonds. The largest absolute Gasteiger partial charge is 0.489 e. The van der Waals surface area contributed by atoms with Crippen molar-refractivity contribution in [3.63, 3.8) is 0 Å². The second-order valence-corrected chi connectivity index (χ2v) is 7.55. The zero-order valence-electron chi connectivity index (χ0n) is 17.6. The first-order valence-electron chi connectivity index (χ1n) is 10.6. The van der Waals surface area contributed by atoms with Crippen molar-refractivity contribution in [3.05, 3.63) is 102 Å². The quantitative estimate of drug-likeness (QED) is 0.368. The molecule has 30 heavy (non-hydrogen) atoms. The van der Waals surface area contributed by atoms with Crippen LogP contribution < -0.4 is 4.74 Å². The van der Waals surface area contributed by atoms with Gasteiger partial charge < -0.3 is 9.47 Å². The zero-order valence-corrected chi connectivity index (χ0v) is 17.6. The first kappa shape index (κ1) is 21.6. The van der Waals surface area contributed by atoms with Gasteiger partial charge >= 0.3 is 5.97 Å². The van der Waals surface area contributed by atoms with Gasteiger partial charge in [-0.05, 0) is 60.9 Å². The van der Waals surface area contributed by atoms with Crippen LogP contribution in [0.3, 0.4) is 0 Å². The molecule has 0 aliphatic carbocycles. The summed E-state index contributed by atoms with van der Waals surface area (Å²) in [5.74, 6) is 0.688. The molecular weight excluding hydrogens is 372 g/mol. The predicted octanol–water partition coefficient (Wildman–Crippen LogP) is 6.01. The van der Waals surface area contributed by atoms with E-state index in [0.29, 0.717) is 6.61 Å². The summed E-state index contributed by atoms with van der Waals surface area (Å²) < 4.78 is 10.9. The van der Waals surface area contributed by atoms with E-state index in [4.69, 9.17) is 9.47 Å². The Labute approximate surface area is 179 Å². The van der Waals surface area contributed by atoms with E-state index in [9.17, 15) is 4.79 Å². The summed E-state index contributed by atoms with van der Waals surface area (Å²) in [6.45, 7) is 0.562. The van der Waals surface area contributed by atoms with Crippen molar-refractivity contribution in [3.8, 4) is 5.75 Å². The van der Waals surface area contributed by atoms with Crippen LogP contribution in [-0.2, 0) is 29.0 Å². The van der Waals surface area contributed by atoms with Crippen molar-refractivity contribution < 1.29 is 14.3 Å². The van der Waals surface area contributed by atoms with Gasteiger partial charge in [-0.1, -0.05) is 72.8 Å². The summed E-state index contributed by atoms with van der Waals surface area (Å²) in [6.07, 6.45) is 4.47. The molecule has 3 aromatic rings. The van der Waals surface area contributed by atoms with Crippen LogP contribution in [0.15, 0.2) is 84.9 Å². The van der Waals surface area contributed by atoms with Gasteiger partial charge in [-0.25, -0.2) is 0 Å². The highest BCUT2D eigenvalue weighted by molar-refractivity contribution is 5.72. The van der Waals surface area contributed by atoms with E-state index in [0.717, 1.165) is 43.4 Å². The van der Waals surface area contributed by atoms with Gasteiger partial charge in [-0.15, -0.1) is 0 Å². The molecule has 3 heteroatoms. The Morgan fingerprint density at radius 3 is 1.97 bits per heavy atom. The van der Waals surface area contributed by atoms with Gasteiger partial charge in [-0.2, -0.15) is 0 Å². The van der Waals surface area contributed by atoms with Crippen LogP contribution >= 0.6 is 0 Å². The number of carbonyl (C=O) groups is 1. The van der Waals surface area contributed by atoms with Gasteiger partial charge in [0.2, 0.25) is 0 Å². The van der Waals surface area contributed by atoms with Crippen molar-refractivity contribution in [2.75, 3.05) is 7.11 Å². The molecule has 0 aliphatic rings. The van der Waals surface area contributed by atoms with Gasteiger partial charge in [0.25, 0.3) is 0 Å². The Hall–Kier alpha value is -3.07. The molecule has 1 unspecified atom stereocenters. The second kappa shape index (κ2) is 11.8. The first-order chi connectivity index (χ1) is 14.7. The van der Waals surface area contributed by atoms with Crippen LogP contribution in [0.4, 0.5) is 0 Å². The van der Waals surface area contributed by atoms with Gasteiger partial charge in [0.1, 0.15) is 12.4 Å². The Morgan fingerprint density at radius 1 is 0.733 bits per heavy atom. The minimum atomic E-state index is -0.106. The zero-order chi connectivity index (χ0) is 21.0. The predicted molar refractivity (Wildman–Crippen MR) is 120 cm³/mol. The van der Waals surface area contributed by atoms with Crippen LogP contribution in [0.2, 0.25) is 0 Å². The maximum atomic E-state index is 12.2. The first-order valence-corrected chi connectivity index (χ1v) is 10.6. The number of ether oxygens (including phenoxy) is 2. The van der Waals surface area contributed by atoms with Gasteiger partial charge in [0.05, 0.1) is 13.0 Å². The normalized spacial score (nSPS) is 11.6. The third-order valence-corrected chi connectivity index (χ3v) is 5.35. The molecule has 0 spiro atoms. The third kappa shape index (κ3) is 7.07. The van der Waals surface area contributed by atoms with E-state index in [2.05, 4.69) is 48.5 Å². The Balaban J connectivity index is 1.46. The average molecular weight is 403 g/mol. The molecule has 0 aliphatic heterocycles. The molecule has 0 N–H and O–H groups in total. The molecule has 0 saturated heterocycles. The third-order valence-electron chi connectivity index (χ3n) is 5.35. The fraction of sp³-hybridized carbons (Fsp3) is 0.296. The van der Waals surface area contributed by atoms with Crippen LogP contribution in [-0.4, -0.2) is 13.1 Å². The lowest BCUT2D eigenvalue weighted by Gasteiger charge is -2.15. The Kier molecular flexibility index (Phi) is 8.52. The minimum Gasteiger partial charge on any atom is -0.489 e. The van der Waals surface area contributed by atoms with Gasteiger partial charge in [0, 0.05) is 0 Å². The second-order valence-electron chi connectivity index (χ2n) is 7.55. The fourth-order valence-electron chi connectivity index (χ4n) is 3.58. The van der Waals surface area contributed by atoms with Crippen molar-refractivity contribution in [2.45, 2.75) is 38.7 Å². The molecule has 0 heterocycles. The number of hydrogen-bond donors (Lipinski definition) is 0. The summed E-state index contributed by atoms with van der Waals surface area (Å²) in [7, 11) is 1.48. The topological polar surface area (TPSA) is 35.5 Å². The molecule has 1 atom stereocenters. The van der Waals surface area contributed by atoms with E-state index in [1.54, 1.807) is 0 Å². The molecular formula is C27H30O3. The highest BCUT2D eigenvalue weighted by Crippen LogP contribution is 2.20. The summed E-state index contributed by atoms with van der Waals surface area (Å²) in [6, 6.07) is 28.7.